The Hall–Kier alpha value is -2.47. The van der Waals surface area contributed by atoms with E-state index >= 15 is 0 Å². The molecule has 0 saturated carbocycles. The fourth-order valence-electron chi connectivity index (χ4n) is 3.31. The molecule has 1 atom stereocenters. The summed E-state index contributed by atoms with van der Waals surface area (Å²) >= 11 is 1.46. The van der Waals surface area contributed by atoms with Crippen molar-refractivity contribution in [3.05, 3.63) is 57.7 Å². The van der Waals surface area contributed by atoms with Crippen molar-refractivity contribution in [3.8, 4) is 0 Å². The molecule has 27 heavy (non-hydrogen) atoms. The van der Waals surface area contributed by atoms with Gasteiger partial charge in [0.1, 0.15) is 10.8 Å². The SMILES string of the molecule is CC[C@@H]1CCc2c(sc(NC(=O)/C=C/c3ccc(F)cc3)c2C(=O)OC)C1. The number of nitrogens with one attached hydrogen (secondary N) is 1. The molecule has 0 fully saturated rings. The first-order valence-electron chi connectivity index (χ1n) is 8.99. The van der Waals surface area contributed by atoms with Gasteiger partial charge in [0.2, 0.25) is 5.91 Å². The molecule has 4 nitrogen and oxygen atoms in total. The molecule has 6 heteroatoms. The number of benzene rings is 1. The largest absolute Gasteiger partial charge is 0.465 e. The summed E-state index contributed by atoms with van der Waals surface area (Å²) in [5.74, 6) is -0.465. The molecule has 0 unspecified atom stereocenters. The molecule has 2 aromatic rings. The third kappa shape index (κ3) is 4.45. The molecule has 142 valence electrons. The summed E-state index contributed by atoms with van der Waals surface area (Å²) in [5.41, 5.74) is 2.21. The number of hydrogen-bond donors (Lipinski definition) is 1. The molecule has 3 rings (SSSR count). The van der Waals surface area contributed by atoms with Crippen LogP contribution < -0.4 is 5.32 Å². The lowest BCUT2D eigenvalue weighted by molar-refractivity contribution is -0.111. The van der Waals surface area contributed by atoms with Gasteiger partial charge in [0.15, 0.2) is 0 Å². The van der Waals surface area contributed by atoms with Crippen LogP contribution in [0.2, 0.25) is 0 Å². The van der Waals surface area contributed by atoms with Crippen LogP contribution in [0, 0.1) is 11.7 Å². The van der Waals surface area contributed by atoms with Crippen molar-refractivity contribution >= 4 is 34.3 Å². The number of carbonyl (C=O) groups excluding carboxylic acids is 2. The number of esters is 1. The van der Waals surface area contributed by atoms with Crippen molar-refractivity contribution in [2.45, 2.75) is 32.6 Å². The molecule has 0 aliphatic heterocycles. The minimum atomic E-state index is -0.416. The highest BCUT2D eigenvalue weighted by atomic mass is 32.1. The average Bonchev–Trinajstić information content (AvgIpc) is 3.03. The number of anilines is 1. The second-order valence-corrected chi connectivity index (χ2v) is 7.70. The monoisotopic (exact) mass is 387 g/mol. The highest BCUT2D eigenvalue weighted by molar-refractivity contribution is 7.17. The third-order valence-electron chi connectivity index (χ3n) is 4.87. The first kappa shape index (κ1) is 19.3. The second kappa shape index (κ2) is 8.48. The van der Waals surface area contributed by atoms with Crippen LogP contribution in [-0.2, 0) is 22.4 Å². The average molecular weight is 387 g/mol. The third-order valence-corrected chi connectivity index (χ3v) is 6.04. The first-order valence-corrected chi connectivity index (χ1v) is 9.81. The summed E-state index contributed by atoms with van der Waals surface area (Å²) in [5, 5.41) is 3.35. The Kier molecular flexibility index (Phi) is 6.06. The van der Waals surface area contributed by atoms with E-state index in [0.29, 0.717) is 16.5 Å². The van der Waals surface area contributed by atoms with Gasteiger partial charge in [-0.25, -0.2) is 9.18 Å². The summed E-state index contributed by atoms with van der Waals surface area (Å²) in [6.45, 7) is 2.17. The summed E-state index contributed by atoms with van der Waals surface area (Å²) in [6.07, 6.45) is 6.89. The molecular weight excluding hydrogens is 365 g/mol. The van der Waals surface area contributed by atoms with Crippen LogP contribution in [0.3, 0.4) is 0 Å². The van der Waals surface area contributed by atoms with E-state index in [9.17, 15) is 14.0 Å². The van der Waals surface area contributed by atoms with Crippen molar-refractivity contribution < 1.29 is 18.7 Å². The molecule has 1 aliphatic carbocycles. The number of halogens is 1. The predicted octanol–water partition coefficient (Wildman–Crippen LogP) is 4.84. The Balaban J connectivity index is 1.81. The van der Waals surface area contributed by atoms with E-state index in [-0.39, 0.29) is 11.7 Å². The van der Waals surface area contributed by atoms with Gasteiger partial charge in [0, 0.05) is 11.0 Å². The van der Waals surface area contributed by atoms with Gasteiger partial charge in [-0.1, -0.05) is 25.5 Å². The quantitative estimate of drug-likeness (QED) is 0.590. The smallest absolute Gasteiger partial charge is 0.341 e. The Morgan fingerprint density at radius 1 is 1.33 bits per heavy atom. The van der Waals surface area contributed by atoms with E-state index in [1.807, 2.05) is 0 Å². The summed E-state index contributed by atoms with van der Waals surface area (Å²) in [4.78, 5) is 25.8. The lowest BCUT2D eigenvalue weighted by Crippen LogP contribution is -2.15. The number of rotatable bonds is 5. The highest BCUT2D eigenvalue weighted by Crippen LogP contribution is 2.40. The van der Waals surface area contributed by atoms with Crippen LogP contribution in [0.4, 0.5) is 9.39 Å². The number of carbonyl (C=O) groups is 2. The zero-order valence-corrected chi connectivity index (χ0v) is 16.2. The van der Waals surface area contributed by atoms with Crippen LogP contribution in [0.25, 0.3) is 6.08 Å². The van der Waals surface area contributed by atoms with Crippen LogP contribution in [0.15, 0.2) is 30.3 Å². The van der Waals surface area contributed by atoms with E-state index < -0.39 is 5.97 Å². The Morgan fingerprint density at radius 3 is 2.74 bits per heavy atom. The lowest BCUT2D eigenvalue weighted by atomic mass is 9.86. The van der Waals surface area contributed by atoms with Gasteiger partial charge in [-0.15, -0.1) is 11.3 Å². The van der Waals surface area contributed by atoms with Gasteiger partial charge in [-0.2, -0.15) is 0 Å². The number of amides is 1. The number of ether oxygens (including phenoxy) is 1. The van der Waals surface area contributed by atoms with Crippen molar-refractivity contribution in [1.29, 1.82) is 0 Å². The van der Waals surface area contributed by atoms with E-state index in [4.69, 9.17) is 4.74 Å². The summed E-state index contributed by atoms with van der Waals surface area (Å²) in [6, 6.07) is 5.86. The highest BCUT2D eigenvalue weighted by Gasteiger charge is 2.29. The Labute approximate surface area is 162 Å². The van der Waals surface area contributed by atoms with Gasteiger partial charge < -0.3 is 10.1 Å². The lowest BCUT2D eigenvalue weighted by Gasteiger charge is -2.20. The molecule has 1 amide bonds. The predicted molar refractivity (Wildman–Crippen MR) is 106 cm³/mol. The van der Waals surface area contributed by atoms with Crippen molar-refractivity contribution in [3.63, 3.8) is 0 Å². The molecule has 0 radical (unpaired) electrons. The van der Waals surface area contributed by atoms with Gasteiger partial charge in [0.25, 0.3) is 0 Å². The van der Waals surface area contributed by atoms with Crippen LogP contribution in [0.5, 0.6) is 0 Å². The van der Waals surface area contributed by atoms with Gasteiger partial charge in [0.05, 0.1) is 12.7 Å². The molecule has 0 spiro atoms. The fraction of sp³-hybridized carbons (Fsp3) is 0.333. The van der Waals surface area contributed by atoms with E-state index in [1.54, 1.807) is 18.2 Å². The van der Waals surface area contributed by atoms with Crippen molar-refractivity contribution in [2.75, 3.05) is 12.4 Å². The zero-order valence-electron chi connectivity index (χ0n) is 15.4. The van der Waals surface area contributed by atoms with Crippen LogP contribution >= 0.6 is 11.3 Å². The Morgan fingerprint density at radius 2 is 2.07 bits per heavy atom. The minimum Gasteiger partial charge on any atom is -0.465 e. The fourth-order valence-corrected chi connectivity index (χ4v) is 4.66. The maximum absolute atomic E-state index is 12.9. The van der Waals surface area contributed by atoms with Gasteiger partial charge in [-0.3, -0.25) is 4.79 Å². The van der Waals surface area contributed by atoms with Gasteiger partial charge >= 0.3 is 5.97 Å². The number of hydrogen-bond acceptors (Lipinski definition) is 4. The topological polar surface area (TPSA) is 55.4 Å². The normalized spacial score (nSPS) is 16.2. The first-order chi connectivity index (χ1) is 13.0. The maximum Gasteiger partial charge on any atom is 0.341 e. The molecule has 1 aromatic carbocycles. The summed E-state index contributed by atoms with van der Waals surface area (Å²) < 4.78 is 17.9. The summed E-state index contributed by atoms with van der Waals surface area (Å²) in [7, 11) is 1.35. The van der Waals surface area contributed by atoms with E-state index in [0.717, 1.165) is 41.7 Å². The molecule has 0 bridgehead atoms. The van der Waals surface area contributed by atoms with E-state index in [1.165, 1.54) is 36.7 Å². The standard InChI is InChI=1S/C21H22FNO3S/c1-3-13-6-10-16-17(12-13)27-20(19(16)21(25)26-2)23-18(24)11-7-14-4-8-15(22)9-5-14/h4-5,7-9,11,13H,3,6,10,12H2,1-2H3,(H,23,24)/b11-7+/t13-/m1/s1. The number of fused-ring (bicyclic) bond motifs is 1. The van der Waals surface area contributed by atoms with Crippen molar-refractivity contribution in [1.82, 2.24) is 0 Å². The Bertz CT molecular complexity index is 870. The molecule has 1 aromatic heterocycles. The molecular formula is C21H22FNO3S. The zero-order chi connectivity index (χ0) is 19.4. The van der Waals surface area contributed by atoms with Crippen molar-refractivity contribution in [2.24, 2.45) is 5.92 Å². The number of thiophene rings is 1. The second-order valence-electron chi connectivity index (χ2n) is 6.59. The molecule has 0 saturated heterocycles. The van der Waals surface area contributed by atoms with E-state index in [2.05, 4.69) is 12.2 Å². The molecule has 1 N–H and O–H groups in total. The van der Waals surface area contributed by atoms with Crippen LogP contribution in [0.1, 0.15) is 46.1 Å². The number of methoxy groups -OCH3 is 1. The minimum absolute atomic E-state index is 0.325. The molecule has 1 heterocycles. The molecule has 1 aliphatic rings. The maximum atomic E-state index is 12.9. The van der Waals surface area contributed by atoms with Crippen LogP contribution in [-0.4, -0.2) is 19.0 Å². The van der Waals surface area contributed by atoms with Gasteiger partial charge in [-0.05, 0) is 54.5 Å².